The highest BCUT2D eigenvalue weighted by molar-refractivity contribution is 5.94. The van der Waals surface area contributed by atoms with E-state index < -0.39 is 0 Å². The molecule has 1 saturated heterocycles. The first-order valence-corrected chi connectivity index (χ1v) is 12.6. The fraction of sp³-hybridized carbons (Fsp3) is 0.194. The van der Waals surface area contributed by atoms with Gasteiger partial charge in [0.1, 0.15) is 5.82 Å². The van der Waals surface area contributed by atoms with Crippen molar-refractivity contribution in [2.75, 3.05) is 13.1 Å². The average Bonchev–Trinajstić information content (AvgIpc) is 3.19. The number of nitrogens with zero attached hydrogens (tertiary/aromatic N) is 4. The number of hydrogen-bond donors (Lipinski definition) is 0. The molecule has 3 aromatic carbocycles. The number of fused-ring (bicyclic) bond motifs is 2. The van der Waals surface area contributed by atoms with Gasteiger partial charge in [-0.3, -0.25) is 9.78 Å². The molecule has 1 saturated carbocycles. The number of aryl methyl sites for hydroxylation is 1. The molecule has 1 aliphatic carbocycles. The molecular formula is C31H25FN4O. The quantitative estimate of drug-likeness (QED) is 0.327. The zero-order chi connectivity index (χ0) is 25.1. The molecule has 6 heteroatoms. The maximum atomic E-state index is 13.5. The van der Waals surface area contributed by atoms with Crippen LogP contribution in [0.15, 0.2) is 97.5 Å². The van der Waals surface area contributed by atoms with Crippen molar-refractivity contribution in [2.24, 2.45) is 5.92 Å². The second kappa shape index (κ2) is 8.10. The number of carbonyl (C=O) groups is 1. The van der Waals surface area contributed by atoms with Gasteiger partial charge in [-0.15, -0.1) is 0 Å². The standard InChI is InChI=1S/C31H25FN4O/c1-20-14-28-23(17-34-36(28)25-11-9-24(32)10-12-25)15-26(20)31-19-35(30(37)22-8-5-13-33-16-22)18-27(31)29(31)21-6-3-2-4-7-21/h2-17,27,29H,18-19H2,1H3/t27-,29-,31+/m0/s1. The lowest BCUT2D eigenvalue weighted by atomic mass is 9.86. The number of rotatable bonds is 4. The van der Waals surface area contributed by atoms with Crippen molar-refractivity contribution in [1.29, 1.82) is 0 Å². The summed E-state index contributed by atoms with van der Waals surface area (Å²) in [5.41, 5.74) is 6.07. The van der Waals surface area contributed by atoms with Gasteiger partial charge in [0.25, 0.3) is 5.91 Å². The second-order valence-electron chi connectivity index (χ2n) is 10.2. The molecule has 0 spiro atoms. The normalized spacial score (nSPS) is 22.3. The Balaban J connectivity index is 1.31. The average molecular weight is 489 g/mol. The summed E-state index contributed by atoms with van der Waals surface area (Å²) in [5.74, 6) is 0.472. The second-order valence-corrected chi connectivity index (χ2v) is 10.2. The van der Waals surface area contributed by atoms with Gasteiger partial charge in [0.05, 0.1) is 23.0 Å². The molecule has 1 aliphatic heterocycles. The first kappa shape index (κ1) is 21.9. The van der Waals surface area contributed by atoms with Gasteiger partial charge in [0, 0.05) is 42.2 Å². The number of likely N-dealkylation sites (tertiary alicyclic amines) is 1. The van der Waals surface area contributed by atoms with Crippen LogP contribution in [0.2, 0.25) is 0 Å². The van der Waals surface area contributed by atoms with Crippen LogP contribution in [-0.4, -0.2) is 38.7 Å². The highest BCUT2D eigenvalue weighted by atomic mass is 19.1. The molecule has 182 valence electrons. The zero-order valence-electron chi connectivity index (χ0n) is 20.4. The Kier molecular flexibility index (Phi) is 4.80. The highest BCUT2D eigenvalue weighted by Gasteiger charge is 2.70. The van der Waals surface area contributed by atoms with Crippen LogP contribution >= 0.6 is 0 Å². The minimum absolute atomic E-state index is 0.0364. The van der Waals surface area contributed by atoms with E-state index in [0.29, 0.717) is 23.9 Å². The monoisotopic (exact) mass is 488 g/mol. The van der Waals surface area contributed by atoms with E-state index in [2.05, 4.69) is 53.4 Å². The van der Waals surface area contributed by atoms with Crippen molar-refractivity contribution < 1.29 is 9.18 Å². The summed E-state index contributed by atoms with van der Waals surface area (Å²) >= 11 is 0. The van der Waals surface area contributed by atoms with Gasteiger partial charge in [-0.05, 0) is 78.1 Å². The lowest BCUT2D eigenvalue weighted by Gasteiger charge is -2.26. The van der Waals surface area contributed by atoms with Crippen LogP contribution < -0.4 is 0 Å². The van der Waals surface area contributed by atoms with Crippen molar-refractivity contribution in [3.63, 3.8) is 0 Å². The summed E-state index contributed by atoms with van der Waals surface area (Å²) in [6, 6.07) is 25.1. The Morgan fingerprint density at radius 1 is 1.00 bits per heavy atom. The predicted octanol–water partition coefficient (Wildman–Crippen LogP) is 5.68. The van der Waals surface area contributed by atoms with E-state index in [9.17, 15) is 9.18 Å². The summed E-state index contributed by atoms with van der Waals surface area (Å²) in [5, 5.41) is 5.66. The molecule has 2 aliphatic rings. The third-order valence-corrected chi connectivity index (χ3v) is 8.22. The number of piperidine rings is 1. The third kappa shape index (κ3) is 3.32. The fourth-order valence-corrected chi connectivity index (χ4v) is 6.56. The van der Waals surface area contributed by atoms with Crippen LogP contribution in [0.25, 0.3) is 16.6 Å². The minimum atomic E-state index is -0.267. The van der Waals surface area contributed by atoms with E-state index in [1.54, 1.807) is 24.5 Å². The van der Waals surface area contributed by atoms with E-state index in [0.717, 1.165) is 23.1 Å². The highest BCUT2D eigenvalue weighted by Crippen LogP contribution is 2.69. The van der Waals surface area contributed by atoms with Crippen molar-refractivity contribution in [3.8, 4) is 5.69 Å². The number of benzene rings is 3. The summed E-state index contributed by atoms with van der Waals surface area (Å²) in [4.78, 5) is 19.5. The molecule has 0 N–H and O–H groups in total. The Labute approximate surface area is 214 Å². The van der Waals surface area contributed by atoms with Crippen LogP contribution in [-0.2, 0) is 5.41 Å². The van der Waals surface area contributed by atoms with E-state index >= 15 is 0 Å². The number of aromatic nitrogens is 3. The summed E-state index contributed by atoms with van der Waals surface area (Å²) < 4.78 is 15.3. The van der Waals surface area contributed by atoms with Crippen LogP contribution in [0.1, 0.15) is 33.0 Å². The minimum Gasteiger partial charge on any atom is -0.337 e. The molecule has 37 heavy (non-hydrogen) atoms. The molecule has 7 rings (SSSR count). The van der Waals surface area contributed by atoms with Crippen molar-refractivity contribution in [3.05, 3.63) is 126 Å². The maximum Gasteiger partial charge on any atom is 0.255 e. The number of pyridine rings is 1. The zero-order valence-corrected chi connectivity index (χ0v) is 20.4. The molecule has 0 unspecified atom stereocenters. The molecular weight excluding hydrogens is 463 g/mol. The SMILES string of the molecule is Cc1cc2c(cnn2-c2ccc(F)cc2)cc1[C@]12CN(C(=O)c3cccnc3)C[C@H]1[C@@H]2c1ccccc1. The van der Waals surface area contributed by atoms with Gasteiger partial charge in [-0.25, -0.2) is 9.07 Å². The van der Waals surface area contributed by atoms with Crippen LogP contribution in [0.4, 0.5) is 4.39 Å². The number of carbonyl (C=O) groups excluding carboxylic acids is 1. The Bertz CT molecular complexity index is 1630. The van der Waals surface area contributed by atoms with Crippen LogP contribution in [0.5, 0.6) is 0 Å². The van der Waals surface area contributed by atoms with Crippen LogP contribution in [0, 0.1) is 18.7 Å². The Morgan fingerprint density at radius 3 is 2.57 bits per heavy atom. The maximum absolute atomic E-state index is 13.5. The number of amides is 1. The van der Waals surface area contributed by atoms with Crippen molar-refractivity contribution in [1.82, 2.24) is 19.7 Å². The lowest BCUT2D eigenvalue weighted by molar-refractivity contribution is 0.0768. The molecule has 2 fully saturated rings. The van der Waals surface area contributed by atoms with Gasteiger partial charge in [-0.1, -0.05) is 30.3 Å². The van der Waals surface area contributed by atoms with E-state index in [1.807, 2.05) is 34.0 Å². The number of hydrogen-bond acceptors (Lipinski definition) is 3. The largest absolute Gasteiger partial charge is 0.337 e. The molecule has 1 amide bonds. The molecule has 5 nitrogen and oxygen atoms in total. The van der Waals surface area contributed by atoms with Gasteiger partial charge in [0.2, 0.25) is 0 Å². The molecule has 0 bridgehead atoms. The van der Waals surface area contributed by atoms with Gasteiger partial charge < -0.3 is 4.90 Å². The molecule has 5 aromatic rings. The van der Waals surface area contributed by atoms with Crippen molar-refractivity contribution >= 4 is 16.8 Å². The van der Waals surface area contributed by atoms with Crippen LogP contribution in [0.3, 0.4) is 0 Å². The molecule has 3 heterocycles. The summed E-state index contributed by atoms with van der Waals surface area (Å²) in [6.07, 6.45) is 5.21. The predicted molar refractivity (Wildman–Crippen MR) is 140 cm³/mol. The van der Waals surface area contributed by atoms with Gasteiger partial charge in [0.15, 0.2) is 0 Å². The van der Waals surface area contributed by atoms with E-state index in [1.165, 1.54) is 28.8 Å². The first-order chi connectivity index (χ1) is 18.1. The van der Waals surface area contributed by atoms with E-state index in [4.69, 9.17) is 0 Å². The molecule has 2 aromatic heterocycles. The smallest absolute Gasteiger partial charge is 0.255 e. The molecule has 3 atom stereocenters. The Hall–Kier alpha value is -4.32. The lowest BCUT2D eigenvalue weighted by Crippen LogP contribution is -2.34. The number of halogens is 1. The first-order valence-electron chi connectivity index (χ1n) is 12.6. The van der Waals surface area contributed by atoms with E-state index in [-0.39, 0.29) is 17.1 Å². The topological polar surface area (TPSA) is 51.0 Å². The van der Waals surface area contributed by atoms with Gasteiger partial charge in [-0.2, -0.15) is 5.10 Å². The molecule has 0 radical (unpaired) electrons. The summed E-state index contributed by atoms with van der Waals surface area (Å²) in [7, 11) is 0. The fourth-order valence-electron chi connectivity index (χ4n) is 6.56. The van der Waals surface area contributed by atoms with Gasteiger partial charge >= 0.3 is 0 Å². The summed E-state index contributed by atoms with van der Waals surface area (Å²) in [6.45, 7) is 3.54. The third-order valence-electron chi connectivity index (χ3n) is 8.22. The Morgan fingerprint density at radius 2 is 1.81 bits per heavy atom. The van der Waals surface area contributed by atoms with Crippen molar-refractivity contribution in [2.45, 2.75) is 18.3 Å².